The molecule has 1 saturated carbocycles. The quantitative estimate of drug-likeness (QED) is 0.626. The number of esters is 1. The van der Waals surface area contributed by atoms with E-state index in [4.69, 9.17) is 4.74 Å². The number of rotatable bonds is 8. The van der Waals surface area contributed by atoms with Crippen molar-refractivity contribution in [3.05, 3.63) is 0 Å². The summed E-state index contributed by atoms with van der Waals surface area (Å²) in [7, 11) is 3.93. The molecule has 4 nitrogen and oxygen atoms in total. The Morgan fingerprint density at radius 1 is 1.56 bits per heavy atom. The largest absolute Gasteiger partial charge is 0.465 e. The Kier molecular flexibility index (Phi) is 5.77. The molecule has 1 aliphatic rings. The van der Waals surface area contributed by atoms with Crippen molar-refractivity contribution >= 4 is 5.97 Å². The van der Waals surface area contributed by atoms with E-state index < -0.39 is 0 Å². The number of nitrogens with zero attached hydrogens (tertiary/aromatic N) is 1. The number of hydrogen-bond acceptors (Lipinski definition) is 4. The van der Waals surface area contributed by atoms with E-state index in [0.29, 0.717) is 6.61 Å². The predicted octanol–water partition coefficient (Wildman–Crippen LogP) is 0.869. The minimum atomic E-state index is -0.165. The molecular formula is C12H24N2O2. The first-order valence-electron chi connectivity index (χ1n) is 6.19. The Morgan fingerprint density at radius 3 is 2.75 bits per heavy atom. The first-order valence-corrected chi connectivity index (χ1v) is 6.19. The molecule has 0 radical (unpaired) electrons. The summed E-state index contributed by atoms with van der Waals surface area (Å²) in [6, 6.07) is -0.165. The summed E-state index contributed by atoms with van der Waals surface area (Å²) < 4.78 is 5.00. The topological polar surface area (TPSA) is 41.6 Å². The highest BCUT2D eigenvalue weighted by molar-refractivity contribution is 5.75. The Bertz CT molecular complexity index is 217. The molecule has 4 heteroatoms. The SMILES string of the molecule is CCOC(=O)C(CCN(C)CC1CC1)NC. The van der Waals surface area contributed by atoms with Crippen LogP contribution in [-0.4, -0.2) is 50.7 Å². The first kappa shape index (κ1) is 13.5. The van der Waals surface area contributed by atoms with Gasteiger partial charge in [0, 0.05) is 6.54 Å². The van der Waals surface area contributed by atoms with Gasteiger partial charge in [0.2, 0.25) is 0 Å². The van der Waals surface area contributed by atoms with Gasteiger partial charge in [0.25, 0.3) is 0 Å². The van der Waals surface area contributed by atoms with Crippen molar-refractivity contribution in [2.75, 3.05) is 33.8 Å². The Labute approximate surface area is 98.3 Å². The molecule has 1 atom stereocenters. The molecule has 0 amide bonds. The minimum Gasteiger partial charge on any atom is -0.465 e. The van der Waals surface area contributed by atoms with E-state index in [-0.39, 0.29) is 12.0 Å². The van der Waals surface area contributed by atoms with Crippen LogP contribution in [0.5, 0.6) is 0 Å². The van der Waals surface area contributed by atoms with Gasteiger partial charge < -0.3 is 15.0 Å². The molecule has 0 aliphatic heterocycles. The molecule has 1 fully saturated rings. The third kappa shape index (κ3) is 4.94. The molecule has 1 rings (SSSR count). The zero-order chi connectivity index (χ0) is 12.0. The van der Waals surface area contributed by atoms with Crippen molar-refractivity contribution in [2.24, 2.45) is 5.92 Å². The zero-order valence-corrected chi connectivity index (χ0v) is 10.7. The number of carbonyl (C=O) groups is 1. The molecule has 94 valence electrons. The minimum absolute atomic E-state index is 0.134. The van der Waals surface area contributed by atoms with Gasteiger partial charge in [-0.05, 0) is 52.7 Å². The fourth-order valence-corrected chi connectivity index (χ4v) is 1.80. The van der Waals surface area contributed by atoms with Crippen LogP contribution in [0.15, 0.2) is 0 Å². The maximum Gasteiger partial charge on any atom is 0.323 e. The summed E-state index contributed by atoms with van der Waals surface area (Å²) in [6.07, 6.45) is 3.56. The maximum absolute atomic E-state index is 11.5. The lowest BCUT2D eigenvalue weighted by Crippen LogP contribution is -2.38. The molecule has 0 spiro atoms. The van der Waals surface area contributed by atoms with Crippen molar-refractivity contribution in [1.82, 2.24) is 10.2 Å². The lowest BCUT2D eigenvalue weighted by molar-refractivity contribution is -0.145. The van der Waals surface area contributed by atoms with Gasteiger partial charge in [-0.15, -0.1) is 0 Å². The highest BCUT2D eigenvalue weighted by Crippen LogP contribution is 2.29. The van der Waals surface area contributed by atoms with Crippen molar-refractivity contribution in [3.8, 4) is 0 Å². The molecule has 16 heavy (non-hydrogen) atoms. The predicted molar refractivity (Wildman–Crippen MR) is 64.3 cm³/mol. The van der Waals surface area contributed by atoms with Gasteiger partial charge in [-0.1, -0.05) is 0 Å². The third-order valence-corrected chi connectivity index (χ3v) is 2.99. The second kappa shape index (κ2) is 6.86. The van der Waals surface area contributed by atoms with E-state index in [1.165, 1.54) is 19.4 Å². The fraction of sp³-hybridized carbons (Fsp3) is 0.917. The summed E-state index contributed by atoms with van der Waals surface area (Å²) in [5.74, 6) is 0.769. The second-order valence-corrected chi connectivity index (χ2v) is 4.59. The van der Waals surface area contributed by atoms with Gasteiger partial charge >= 0.3 is 5.97 Å². The molecular weight excluding hydrogens is 204 g/mol. The van der Waals surface area contributed by atoms with Crippen molar-refractivity contribution in [1.29, 1.82) is 0 Å². The Balaban J connectivity index is 2.18. The van der Waals surface area contributed by atoms with Gasteiger partial charge in [-0.25, -0.2) is 0 Å². The van der Waals surface area contributed by atoms with Crippen LogP contribution in [0.25, 0.3) is 0 Å². The van der Waals surface area contributed by atoms with E-state index >= 15 is 0 Å². The summed E-state index contributed by atoms with van der Waals surface area (Å²) in [6.45, 7) is 4.40. The summed E-state index contributed by atoms with van der Waals surface area (Å²) in [5, 5.41) is 3.01. The Hall–Kier alpha value is -0.610. The van der Waals surface area contributed by atoms with E-state index in [2.05, 4.69) is 17.3 Å². The first-order chi connectivity index (χ1) is 7.67. The number of carbonyl (C=O) groups excluding carboxylic acids is 1. The highest BCUT2D eigenvalue weighted by atomic mass is 16.5. The van der Waals surface area contributed by atoms with Gasteiger partial charge in [0.15, 0.2) is 0 Å². The van der Waals surface area contributed by atoms with Crippen LogP contribution in [0.3, 0.4) is 0 Å². The van der Waals surface area contributed by atoms with Crippen molar-refractivity contribution < 1.29 is 9.53 Å². The van der Waals surface area contributed by atoms with Gasteiger partial charge in [-0.2, -0.15) is 0 Å². The molecule has 1 aliphatic carbocycles. The molecule has 0 heterocycles. The van der Waals surface area contributed by atoms with Crippen LogP contribution < -0.4 is 5.32 Å². The number of nitrogens with one attached hydrogen (secondary N) is 1. The zero-order valence-electron chi connectivity index (χ0n) is 10.7. The third-order valence-electron chi connectivity index (χ3n) is 2.99. The number of ether oxygens (including phenoxy) is 1. The lowest BCUT2D eigenvalue weighted by atomic mass is 10.2. The van der Waals surface area contributed by atoms with E-state index in [9.17, 15) is 4.79 Å². The smallest absolute Gasteiger partial charge is 0.323 e. The molecule has 0 aromatic carbocycles. The number of likely N-dealkylation sites (N-methyl/N-ethyl adjacent to an activating group) is 1. The molecule has 1 N–H and O–H groups in total. The molecule has 0 aromatic heterocycles. The molecule has 0 bridgehead atoms. The second-order valence-electron chi connectivity index (χ2n) is 4.59. The van der Waals surface area contributed by atoms with E-state index in [1.54, 1.807) is 0 Å². The van der Waals surface area contributed by atoms with Crippen LogP contribution in [0.2, 0.25) is 0 Å². The summed E-state index contributed by atoms with van der Waals surface area (Å²) >= 11 is 0. The molecule has 1 unspecified atom stereocenters. The van der Waals surface area contributed by atoms with Crippen LogP contribution in [0.1, 0.15) is 26.2 Å². The van der Waals surface area contributed by atoms with Crippen LogP contribution in [-0.2, 0) is 9.53 Å². The summed E-state index contributed by atoms with van der Waals surface area (Å²) in [4.78, 5) is 13.8. The van der Waals surface area contributed by atoms with E-state index in [0.717, 1.165) is 18.9 Å². The van der Waals surface area contributed by atoms with Crippen LogP contribution in [0.4, 0.5) is 0 Å². The van der Waals surface area contributed by atoms with Gasteiger partial charge in [0.05, 0.1) is 6.61 Å². The molecule has 0 aromatic rings. The monoisotopic (exact) mass is 228 g/mol. The average molecular weight is 228 g/mol. The average Bonchev–Trinajstić information content (AvgIpc) is 3.03. The maximum atomic E-state index is 11.5. The number of hydrogen-bond donors (Lipinski definition) is 1. The van der Waals surface area contributed by atoms with Gasteiger partial charge in [0.1, 0.15) is 6.04 Å². The summed E-state index contributed by atoms with van der Waals surface area (Å²) in [5.41, 5.74) is 0. The van der Waals surface area contributed by atoms with Crippen molar-refractivity contribution in [2.45, 2.75) is 32.2 Å². The highest BCUT2D eigenvalue weighted by Gasteiger charge is 2.24. The Morgan fingerprint density at radius 2 is 2.25 bits per heavy atom. The standard InChI is InChI=1S/C12H24N2O2/c1-4-16-12(15)11(13-2)7-8-14(3)9-10-5-6-10/h10-11,13H,4-9H2,1-3H3. The normalized spacial score (nSPS) is 17.5. The van der Waals surface area contributed by atoms with Gasteiger partial charge in [-0.3, -0.25) is 4.79 Å². The van der Waals surface area contributed by atoms with Crippen LogP contribution in [0, 0.1) is 5.92 Å². The lowest BCUT2D eigenvalue weighted by Gasteiger charge is -2.20. The van der Waals surface area contributed by atoms with Crippen molar-refractivity contribution in [3.63, 3.8) is 0 Å². The van der Waals surface area contributed by atoms with Crippen LogP contribution >= 0.6 is 0 Å². The fourth-order valence-electron chi connectivity index (χ4n) is 1.80. The van der Waals surface area contributed by atoms with E-state index in [1.807, 2.05) is 14.0 Å². The molecule has 0 saturated heterocycles.